The highest BCUT2D eigenvalue weighted by Crippen LogP contribution is 1.99. The minimum Gasteiger partial charge on any atom is -0.298 e. The summed E-state index contributed by atoms with van der Waals surface area (Å²) in [5.41, 5.74) is 1.44. The highest BCUT2D eigenvalue weighted by molar-refractivity contribution is 7.80. The average Bonchev–Trinajstić information content (AvgIpc) is 2.15. The minimum atomic E-state index is 0.595. The van der Waals surface area contributed by atoms with Gasteiger partial charge in [-0.25, -0.2) is 0 Å². The lowest BCUT2D eigenvalue weighted by Gasteiger charge is -1.91. The molecule has 0 fully saturated rings. The van der Waals surface area contributed by atoms with E-state index in [1.807, 2.05) is 12.2 Å². The van der Waals surface area contributed by atoms with Crippen molar-refractivity contribution in [3.63, 3.8) is 0 Å². The number of carbonyl (C=O) groups excluding carboxylic acids is 1. The van der Waals surface area contributed by atoms with Gasteiger partial charge in [0.25, 0.3) is 0 Å². The molecule has 12 heavy (non-hydrogen) atoms. The lowest BCUT2D eigenvalue weighted by Crippen LogP contribution is -1.84. The predicted octanol–water partition coefficient (Wildman–Crippen LogP) is 1.84. The molecule has 62 valence electrons. The molecule has 0 unspecified atom stereocenters. The molecule has 1 aromatic rings. The Balaban J connectivity index is 2.77. The molecular formula is C9H9NOS. The number of pyridine rings is 1. The normalized spacial score (nSPS) is 10.4. The molecule has 0 aliphatic carbocycles. The Bertz CT molecular complexity index is 279. The Labute approximate surface area is 76.7 Å². The van der Waals surface area contributed by atoms with Crippen molar-refractivity contribution in [1.82, 2.24) is 4.98 Å². The van der Waals surface area contributed by atoms with Gasteiger partial charge >= 0.3 is 0 Å². The van der Waals surface area contributed by atoms with Crippen LogP contribution in [0.25, 0.3) is 6.08 Å². The Hall–Kier alpha value is -1.09. The number of aldehydes is 1. The van der Waals surface area contributed by atoms with Crippen molar-refractivity contribution in [3.05, 3.63) is 35.7 Å². The fraction of sp³-hybridized carbons (Fsp3) is 0.111. The van der Waals surface area contributed by atoms with E-state index in [4.69, 9.17) is 0 Å². The summed E-state index contributed by atoms with van der Waals surface area (Å²) in [6.45, 7) is 0. The van der Waals surface area contributed by atoms with Crippen LogP contribution in [0.1, 0.15) is 16.1 Å². The van der Waals surface area contributed by atoms with Crippen LogP contribution in [0.2, 0.25) is 0 Å². The summed E-state index contributed by atoms with van der Waals surface area (Å²) in [7, 11) is 0. The highest BCUT2D eigenvalue weighted by Gasteiger charge is 1.89. The van der Waals surface area contributed by atoms with E-state index < -0.39 is 0 Å². The van der Waals surface area contributed by atoms with E-state index in [0.717, 1.165) is 12.0 Å². The first-order chi connectivity index (χ1) is 5.86. The van der Waals surface area contributed by atoms with Crippen molar-refractivity contribution in [2.24, 2.45) is 0 Å². The standard InChI is InChI=1S/C9H9NOS/c11-7-8-3-4-9(10-6-8)2-1-5-12/h1-4,6-7,12H,5H2. The molecule has 0 N–H and O–H groups in total. The molecule has 1 aromatic heterocycles. The molecule has 2 nitrogen and oxygen atoms in total. The third kappa shape index (κ3) is 2.51. The van der Waals surface area contributed by atoms with Gasteiger partial charge in [-0.05, 0) is 18.2 Å². The quantitative estimate of drug-likeness (QED) is 0.566. The summed E-state index contributed by atoms with van der Waals surface area (Å²) in [6.07, 6.45) is 6.08. The molecule has 1 heterocycles. The molecule has 0 radical (unpaired) electrons. The van der Waals surface area contributed by atoms with Crippen LogP contribution in [-0.2, 0) is 0 Å². The lowest BCUT2D eigenvalue weighted by atomic mass is 10.2. The second-order valence-corrected chi connectivity index (χ2v) is 2.58. The maximum Gasteiger partial charge on any atom is 0.151 e. The Morgan fingerprint density at radius 2 is 2.33 bits per heavy atom. The third-order valence-electron chi connectivity index (χ3n) is 1.34. The van der Waals surface area contributed by atoms with Crippen LogP contribution in [-0.4, -0.2) is 17.0 Å². The number of hydrogen-bond donors (Lipinski definition) is 1. The molecule has 0 amide bonds. The largest absolute Gasteiger partial charge is 0.298 e. The molecule has 0 aliphatic rings. The fourth-order valence-corrected chi connectivity index (χ4v) is 0.864. The van der Waals surface area contributed by atoms with E-state index in [9.17, 15) is 4.79 Å². The van der Waals surface area contributed by atoms with Gasteiger partial charge < -0.3 is 0 Å². The SMILES string of the molecule is O=Cc1ccc(C=CCS)nc1. The first kappa shape index (κ1) is 9.00. The molecule has 0 aromatic carbocycles. The molecule has 0 bridgehead atoms. The summed E-state index contributed by atoms with van der Waals surface area (Å²) in [4.78, 5) is 14.3. The summed E-state index contributed by atoms with van der Waals surface area (Å²) in [5, 5.41) is 0. The van der Waals surface area contributed by atoms with E-state index in [0.29, 0.717) is 11.3 Å². The van der Waals surface area contributed by atoms with Gasteiger partial charge in [-0.15, -0.1) is 0 Å². The van der Waals surface area contributed by atoms with Gasteiger partial charge in [-0.1, -0.05) is 6.08 Å². The zero-order valence-corrected chi connectivity index (χ0v) is 7.37. The topological polar surface area (TPSA) is 30.0 Å². The van der Waals surface area contributed by atoms with E-state index in [-0.39, 0.29) is 0 Å². The van der Waals surface area contributed by atoms with Crippen molar-refractivity contribution in [3.8, 4) is 0 Å². The Morgan fingerprint density at radius 1 is 1.50 bits per heavy atom. The van der Waals surface area contributed by atoms with Gasteiger partial charge in [0.1, 0.15) is 0 Å². The van der Waals surface area contributed by atoms with Crippen LogP contribution in [0.4, 0.5) is 0 Å². The second kappa shape index (κ2) is 4.72. The number of nitrogens with zero attached hydrogens (tertiary/aromatic N) is 1. The van der Waals surface area contributed by atoms with E-state index in [2.05, 4.69) is 17.6 Å². The Morgan fingerprint density at radius 3 is 2.83 bits per heavy atom. The molecule has 1 rings (SSSR count). The van der Waals surface area contributed by atoms with Gasteiger partial charge in [-0.2, -0.15) is 12.6 Å². The van der Waals surface area contributed by atoms with Gasteiger partial charge in [0, 0.05) is 17.5 Å². The van der Waals surface area contributed by atoms with Crippen LogP contribution < -0.4 is 0 Å². The number of aromatic nitrogens is 1. The third-order valence-corrected chi connectivity index (χ3v) is 1.55. The number of carbonyl (C=O) groups is 1. The molecule has 0 atom stereocenters. The number of hydrogen-bond acceptors (Lipinski definition) is 3. The summed E-state index contributed by atoms with van der Waals surface area (Å²) in [6, 6.07) is 3.53. The summed E-state index contributed by atoms with van der Waals surface area (Å²) >= 11 is 4.02. The molecule has 0 saturated heterocycles. The maximum atomic E-state index is 10.3. The zero-order chi connectivity index (χ0) is 8.81. The van der Waals surface area contributed by atoms with Crippen molar-refractivity contribution in [1.29, 1.82) is 0 Å². The van der Waals surface area contributed by atoms with Gasteiger partial charge in [0.05, 0.1) is 5.69 Å². The minimum absolute atomic E-state index is 0.595. The molecule has 3 heteroatoms. The smallest absolute Gasteiger partial charge is 0.151 e. The summed E-state index contributed by atoms with van der Waals surface area (Å²) < 4.78 is 0. The van der Waals surface area contributed by atoms with Crippen LogP contribution in [0.15, 0.2) is 24.4 Å². The van der Waals surface area contributed by atoms with Crippen molar-refractivity contribution in [2.75, 3.05) is 5.75 Å². The molecular weight excluding hydrogens is 170 g/mol. The first-order valence-corrected chi connectivity index (χ1v) is 4.18. The maximum absolute atomic E-state index is 10.3. The summed E-state index contributed by atoms with van der Waals surface area (Å²) in [5.74, 6) is 0.692. The average molecular weight is 179 g/mol. The Kier molecular flexibility index (Phi) is 3.54. The fourth-order valence-electron chi connectivity index (χ4n) is 0.758. The second-order valence-electron chi connectivity index (χ2n) is 2.22. The molecule has 0 saturated carbocycles. The van der Waals surface area contributed by atoms with Crippen LogP contribution >= 0.6 is 12.6 Å². The monoisotopic (exact) mass is 179 g/mol. The predicted molar refractivity (Wildman–Crippen MR) is 52.5 cm³/mol. The van der Waals surface area contributed by atoms with Crippen LogP contribution in [0.3, 0.4) is 0 Å². The molecule has 0 aliphatic heterocycles. The van der Waals surface area contributed by atoms with Gasteiger partial charge in [0.2, 0.25) is 0 Å². The number of rotatable bonds is 3. The highest BCUT2D eigenvalue weighted by atomic mass is 32.1. The van der Waals surface area contributed by atoms with Crippen molar-refractivity contribution in [2.45, 2.75) is 0 Å². The first-order valence-electron chi connectivity index (χ1n) is 3.55. The van der Waals surface area contributed by atoms with Crippen LogP contribution in [0, 0.1) is 0 Å². The number of thiol groups is 1. The zero-order valence-electron chi connectivity index (χ0n) is 6.47. The van der Waals surface area contributed by atoms with Gasteiger partial charge in [-0.3, -0.25) is 9.78 Å². The van der Waals surface area contributed by atoms with Crippen molar-refractivity contribution < 1.29 is 4.79 Å². The van der Waals surface area contributed by atoms with E-state index in [1.54, 1.807) is 18.3 Å². The van der Waals surface area contributed by atoms with Crippen LogP contribution in [0.5, 0.6) is 0 Å². The lowest BCUT2D eigenvalue weighted by molar-refractivity contribution is 0.112. The molecule has 0 spiro atoms. The van der Waals surface area contributed by atoms with E-state index in [1.165, 1.54) is 0 Å². The van der Waals surface area contributed by atoms with E-state index >= 15 is 0 Å². The van der Waals surface area contributed by atoms with Gasteiger partial charge in [0.15, 0.2) is 6.29 Å². The van der Waals surface area contributed by atoms with Crippen molar-refractivity contribution >= 4 is 25.0 Å².